The molecule has 5 heteroatoms. The summed E-state index contributed by atoms with van der Waals surface area (Å²) < 4.78 is 0. The number of nitrogens with zero attached hydrogens (tertiary/aromatic N) is 1. The van der Waals surface area contributed by atoms with Crippen LogP contribution in [0.25, 0.3) is 0 Å². The molecule has 0 bridgehead atoms. The van der Waals surface area contributed by atoms with Gasteiger partial charge < -0.3 is 10.2 Å². The predicted molar refractivity (Wildman–Crippen MR) is 112 cm³/mol. The molecular formula is C23H29ClN2O2. The van der Waals surface area contributed by atoms with Crippen molar-refractivity contribution in [3.05, 3.63) is 40.9 Å². The Hall–Kier alpha value is -1.81. The molecule has 0 unspecified atom stereocenters. The van der Waals surface area contributed by atoms with E-state index in [0.29, 0.717) is 23.2 Å². The Morgan fingerprint density at radius 3 is 2.71 bits per heavy atom. The zero-order chi connectivity index (χ0) is 19.7. The van der Waals surface area contributed by atoms with Crippen LogP contribution in [0.4, 0.5) is 5.69 Å². The van der Waals surface area contributed by atoms with Crippen LogP contribution in [0, 0.1) is 24.7 Å². The highest BCUT2D eigenvalue weighted by Crippen LogP contribution is 2.40. The minimum atomic E-state index is -0.311. The van der Waals surface area contributed by atoms with Crippen molar-refractivity contribution in [2.24, 2.45) is 17.8 Å². The number of carbonyl (C=O) groups excluding carboxylic acids is 2. The van der Waals surface area contributed by atoms with E-state index in [2.05, 4.69) is 22.4 Å². The summed E-state index contributed by atoms with van der Waals surface area (Å²) in [7, 11) is 0. The monoisotopic (exact) mass is 400 g/mol. The van der Waals surface area contributed by atoms with Gasteiger partial charge in [0.05, 0.1) is 11.8 Å². The maximum absolute atomic E-state index is 13.4. The van der Waals surface area contributed by atoms with Crippen molar-refractivity contribution in [1.29, 1.82) is 0 Å². The summed E-state index contributed by atoms with van der Waals surface area (Å²) in [5.41, 5.74) is 1.67. The molecule has 1 saturated carbocycles. The highest BCUT2D eigenvalue weighted by molar-refractivity contribution is 6.31. The number of amides is 2. The number of anilines is 1. The topological polar surface area (TPSA) is 49.4 Å². The Morgan fingerprint density at radius 2 is 1.96 bits per heavy atom. The first kappa shape index (κ1) is 19.5. The number of aryl methyl sites for hydroxylation is 1. The number of hydrogen-bond donors (Lipinski definition) is 1. The molecule has 0 radical (unpaired) electrons. The fraction of sp³-hybridized carbons (Fsp3) is 0.565. The second-order valence-corrected chi connectivity index (χ2v) is 8.93. The quantitative estimate of drug-likeness (QED) is 0.729. The number of nitrogens with one attached hydrogen (secondary N) is 1. The normalized spacial score (nSPS) is 28.1. The Kier molecular flexibility index (Phi) is 5.77. The van der Waals surface area contributed by atoms with E-state index >= 15 is 0 Å². The van der Waals surface area contributed by atoms with Gasteiger partial charge in [0.25, 0.3) is 0 Å². The van der Waals surface area contributed by atoms with E-state index in [1.807, 2.05) is 19.1 Å². The maximum atomic E-state index is 13.4. The second kappa shape index (κ2) is 8.28. The van der Waals surface area contributed by atoms with Gasteiger partial charge in [-0.05, 0) is 56.2 Å². The smallest absolute Gasteiger partial charge is 0.228 e. The first-order valence-corrected chi connectivity index (χ1v) is 11.0. The SMILES string of the molecule is Cc1ccc(NC(=O)[C@H]2CC=C[C@H]3CCN(C4CCCCC4)C(=O)[C@@H]23)cc1Cl. The molecule has 3 atom stereocenters. The van der Waals surface area contributed by atoms with Crippen molar-refractivity contribution in [3.8, 4) is 0 Å². The first-order valence-electron chi connectivity index (χ1n) is 10.6. The predicted octanol–water partition coefficient (Wildman–Crippen LogP) is 4.96. The molecule has 2 amide bonds. The lowest BCUT2D eigenvalue weighted by Gasteiger charge is -2.45. The van der Waals surface area contributed by atoms with Crippen LogP contribution in [0.5, 0.6) is 0 Å². The van der Waals surface area contributed by atoms with E-state index in [-0.39, 0.29) is 29.6 Å². The van der Waals surface area contributed by atoms with E-state index in [1.165, 1.54) is 19.3 Å². The summed E-state index contributed by atoms with van der Waals surface area (Å²) >= 11 is 6.20. The van der Waals surface area contributed by atoms with Gasteiger partial charge in [0.1, 0.15) is 0 Å². The largest absolute Gasteiger partial charge is 0.339 e. The molecule has 1 N–H and O–H groups in total. The van der Waals surface area contributed by atoms with Crippen LogP contribution in [-0.2, 0) is 9.59 Å². The second-order valence-electron chi connectivity index (χ2n) is 8.53. The van der Waals surface area contributed by atoms with Gasteiger partial charge in [0, 0.05) is 23.3 Å². The lowest BCUT2D eigenvalue weighted by Crippen LogP contribution is -2.54. The summed E-state index contributed by atoms with van der Waals surface area (Å²) in [5.74, 6) is -0.248. The minimum absolute atomic E-state index is 0.0712. The van der Waals surface area contributed by atoms with E-state index in [9.17, 15) is 9.59 Å². The van der Waals surface area contributed by atoms with Crippen LogP contribution in [0.2, 0.25) is 5.02 Å². The standard InChI is InChI=1S/C23H29ClN2O2/c1-15-10-11-17(14-20(15)24)25-22(27)19-9-5-6-16-12-13-26(23(28)21(16)19)18-7-3-2-4-8-18/h5-6,10-11,14,16,18-19,21H,2-4,7-9,12-13H2,1H3,(H,25,27)/t16-,19-,21+/m0/s1. The van der Waals surface area contributed by atoms with Crippen molar-refractivity contribution in [2.45, 2.75) is 57.9 Å². The molecule has 1 aromatic rings. The van der Waals surface area contributed by atoms with Crippen molar-refractivity contribution >= 4 is 29.1 Å². The number of hydrogen-bond acceptors (Lipinski definition) is 2. The molecule has 2 aliphatic carbocycles. The third-order valence-electron chi connectivity index (χ3n) is 6.73. The van der Waals surface area contributed by atoms with Gasteiger partial charge in [-0.25, -0.2) is 0 Å². The van der Waals surface area contributed by atoms with Gasteiger partial charge in [-0.15, -0.1) is 0 Å². The summed E-state index contributed by atoms with van der Waals surface area (Å²) in [6.07, 6.45) is 11.7. The molecule has 3 aliphatic rings. The van der Waals surface area contributed by atoms with Crippen LogP contribution in [0.15, 0.2) is 30.4 Å². The molecule has 150 valence electrons. The number of benzene rings is 1. The van der Waals surface area contributed by atoms with E-state index < -0.39 is 0 Å². The summed E-state index contributed by atoms with van der Waals surface area (Å²) in [6, 6.07) is 5.92. The van der Waals surface area contributed by atoms with Crippen molar-refractivity contribution in [3.63, 3.8) is 0 Å². The molecule has 2 fully saturated rings. The van der Waals surface area contributed by atoms with Crippen LogP contribution in [0.3, 0.4) is 0 Å². The first-order chi connectivity index (χ1) is 13.5. The number of fused-ring (bicyclic) bond motifs is 1. The Labute approximate surface area is 172 Å². The lowest BCUT2D eigenvalue weighted by atomic mass is 9.70. The van der Waals surface area contributed by atoms with Crippen LogP contribution >= 0.6 is 11.6 Å². The van der Waals surface area contributed by atoms with Crippen molar-refractivity contribution in [1.82, 2.24) is 4.90 Å². The van der Waals surface area contributed by atoms with Gasteiger partial charge in [-0.2, -0.15) is 0 Å². The van der Waals surface area contributed by atoms with Crippen molar-refractivity contribution < 1.29 is 9.59 Å². The highest BCUT2D eigenvalue weighted by atomic mass is 35.5. The third kappa shape index (κ3) is 3.84. The van der Waals surface area contributed by atoms with E-state index in [1.54, 1.807) is 6.07 Å². The maximum Gasteiger partial charge on any atom is 0.228 e. The summed E-state index contributed by atoms with van der Waals surface area (Å²) in [4.78, 5) is 28.6. The molecule has 1 aliphatic heterocycles. The average molecular weight is 401 g/mol. The minimum Gasteiger partial charge on any atom is -0.339 e. The highest BCUT2D eigenvalue weighted by Gasteiger charge is 2.46. The average Bonchev–Trinajstić information content (AvgIpc) is 2.71. The van der Waals surface area contributed by atoms with Crippen molar-refractivity contribution in [2.75, 3.05) is 11.9 Å². The Morgan fingerprint density at radius 1 is 1.18 bits per heavy atom. The van der Waals surface area contributed by atoms with Crippen LogP contribution in [-0.4, -0.2) is 29.3 Å². The van der Waals surface area contributed by atoms with Gasteiger partial charge in [-0.3, -0.25) is 9.59 Å². The molecule has 1 heterocycles. The van der Waals surface area contributed by atoms with Gasteiger partial charge >= 0.3 is 0 Å². The lowest BCUT2D eigenvalue weighted by molar-refractivity contribution is -0.149. The van der Waals surface area contributed by atoms with Crippen LogP contribution in [0.1, 0.15) is 50.5 Å². The van der Waals surface area contributed by atoms with Crippen LogP contribution < -0.4 is 5.32 Å². The third-order valence-corrected chi connectivity index (χ3v) is 7.14. The fourth-order valence-electron chi connectivity index (χ4n) is 5.12. The molecule has 0 aromatic heterocycles. The number of carbonyl (C=O) groups is 2. The Balaban J connectivity index is 1.51. The summed E-state index contributed by atoms with van der Waals surface area (Å²) in [6.45, 7) is 2.77. The number of allylic oxidation sites excluding steroid dienone is 2. The molecule has 4 rings (SSSR count). The van der Waals surface area contributed by atoms with Gasteiger partial charge in [0.2, 0.25) is 11.8 Å². The molecule has 0 spiro atoms. The molecule has 4 nitrogen and oxygen atoms in total. The van der Waals surface area contributed by atoms with E-state index in [0.717, 1.165) is 31.4 Å². The molecule has 1 aromatic carbocycles. The number of halogens is 1. The van der Waals surface area contributed by atoms with Gasteiger partial charge in [-0.1, -0.05) is 49.1 Å². The molecule has 28 heavy (non-hydrogen) atoms. The molecule has 1 saturated heterocycles. The van der Waals surface area contributed by atoms with E-state index in [4.69, 9.17) is 11.6 Å². The zero-order valence-corrected chi connectivity index (χ0v) is 17.3. The number of likely N-dealkylation sites (tertiary alicyclic amines) is 1. The number of piperidine rings is 1. The summed E-state index contributed by atoms with van der Waals surface area (Å²) in [5, 5.41) is 3.64. The molecular weight excluding hydrogens is 372 g/mol. The van der Waals surface area contributed by atoms with Gasteiger partial charge in [0.15, 0.2) is 0 Å². The number of rotatable bonds is 3. The zero-order valence-electron chi connectivity index (χ0n) is 16.5. The fourth-order valence-corrected chi connectivity index (χ4v) is 5.30. The Bertz CT molecular complexity index is 785.